The maximum absolute atomic E-state index is 3.47. The minimum absolute atomic E-state index is 0.813. The van der Waals surface area contributed by atoms with E-state index in [9.17, 15) is 0 Å². The molecule has 0 aliphatic rings. The van der Waals surface area contributed by atoms with Crippen molar-refractivity contribution in [2.24, 2.45) is 5.92 Å². The molecule has 0 aromatic heterocycles. The third kappa shape index (κ3) is 4.47. The van der Waals surface area contributed by atoms with E-state index in [2.05, 4.69) is 41.1 Å². The monoisotopic (exact) mass is 239 g/mol. The topological polar surface area (TPSA) is 0 Å². The lowest BCUT2D eigenvalue weighted by Crippen LogP contribution is -1.97. The predicted molar refractivity (Wildman–Crippen MR) is 61.2 cm³/mol. The third-order valence-corrected chi connectivity index (χ3v) is 2.74. The molecule has 71 valence electrons. The molecule has 0 fully saturated rings. The van der Waals surface area contributed by atoms with Crippen molar-refractivity contribution in [3.8, 4) is 0 Å². The van der Waals surface area contributed by atoms with Gasteiger partial charge in [0.15, 0.2) is 0 Å². The molecule has 1 heteroatoms. The Kier molecular flexibility index (Phi) is 5.14. The Bertz CT molecular complexity index is 218. The van der Waals surface area contributed by atoms with E-state index in [1.807, 2.05) is 12.1 Å². The fourth-order valence-electron chi connectivity index (χ4n) is 1.32. The van der Waals surface area contributed by atoms with Gasteiger partial charge in [0.2, 0.25) is 0 Å². The molecule has 0 N–H and O–H groups in total. The fraction of sp³-hybridized carbons (Fsp3) is 0.500. The summed E-state index contributed by atoms with van der Waals surface area (Å²) >= 11 is 3.47. The zero-order valence-electron chi connectivity index (χ0n) is 8.09. The quantitative estimate of drug-likeness (QED) is 0.686. The van der Waals surface area contributed by atoms with Crippen LogP contribution in [0.25, 0.3) is 0 Å². The molecule has 13 heavy (non-hydrogen) atoms. The molecule has 1 aromatic carbocycles. The van der Waals surface area contributed by atoms with Crippen molar-refractivity contribution in [2.45, 2.75) is 26.2 Å². The van der Waals surface area contributed by atoms with Crippen molar-refractivity contribution in [2.75, 3.05) is 5.33 Å². The zero-order valence-corrected chi connectivity index (χ0v) is 9.68. The minimum atomic E-state index is 0.813. The third-order valence-electron chi connectivity index (χ3n) is 2.28. The second kappa shape index (κ2) is 6.20. The number of hydrogen-bond donors (Lipinski definition) is 0. The summed E-state index contributed by atoms with van der Waals surface area (Å²) in [5.74, 6) is 0.813. The SMILES string of the molecule is CC(CCBr)CCc1[c]cccc1. The van der Waals surface area contributed by atoms with Gasteiger partial charge in [-0.3, -0.25) is 0 Å². The first-order valence-electron chi connectivity index (χ1n) is 4.84. The molecule has 0 spiro atoms. The average molecular weight is 240 g/mol. The van der Waals surface area contributed by atoms with Crippen molar-refractivity contribution < 1.29 is 0 Å². The van der Waals surface area contributed by atoms with Gasteiger partial charge in [-0.2, -0.15) is 0 Å². The fourth-order valence-corrected chi connectivity index (χ4v) is 2.10. The molecule has 0 aliphatic heterocycles. The first-order valence-corrected chi connectivity index (χ1v) is 5.96. The Morgan fingerprint density at radius 3 is 2.85 bits per heavy atom. The van der Waals surface area contributed by atoms with Gasteiger partial charge in [0, 0.05) is 5.33 Å². The molecule has 0 heterocycles. The summed E-state index contributed by atoms with van der Waals surface area (Å²) in [5.41, 5.74) is 1.34. The molecule has 0 nitrogen and oxygen atoms in total. The van der Waals surface area contributed by atoms with Crippen molar-refractivity contribution >= 4 is 15.9 Å². The zero-order chi connectivity index (χ0) is 9.52. The Morgan fingerprint density at radius 1 is 1.38 bits per heavy atom. The normalized spacial score (nSPS) is 12.8. The lowest BCUT2D eigenvalue weighted by molar-refractivity contribution is 0.522. The molecule has 1 unspecified atom stereocenters. The highest BCUT2D eigenvalue weighted by molar-refractivity contribution is 9.09. The van der Waals surface area contributed by atoms with E-state index in [1.165, 1.54) is 18.4 Å². The van der Waals surface area contributed by atoms with Gasteiger partial charge in [0.1, 0.15) is 0 Å². The highest BCUT2D eigenvalue weighted by Crippen LogP contribution is 2.13. The Labute approximate surface area is 89.5 Å². The summed E-state index contributed by atoms with van der Waals surface area (Å²) in [4.78, 5) is 0. The summed E-state index contributed by atoms with van der Waals surface area (Å²) in [6.45, 7) is 2.31. The van der Waals surface area contributed by atoms with Crippen LogP contribution >= 0.6 is 15.9 Å². The van der Waals surface area contributed by atoms with E-state index in [0.717, 1.165) is 17.7 Å². The maximum Gasteiger partial charge on any atom is 0.00338 e. The van der Waals surface area contributed by atoms with Crippen molar-refractivity contribution in [1.82, 2.24) is 0 Å². The lowest BCUT2D eigenvalue weighted by Gasteiger charge is -2.08. The molecule has 1 atom stereocenters. The van der Waals surface area contributed by atoms with Crippen LogP contribution in [0.5, 0.6) is 0 Å². The minimum Gasteiger partial charge on any atom is -0.0928 e. The summed E-state index contributed by atoms with van der Waals surface area (Å²) < 4.78 is 0. The molecule has 1 aromatic rings. The van der Waals surface area contributed by atoms with E-state index < -0.39 is 0 Å². The van der Waals surface area contributed by atoms with Gasteiger partial charge < -0.3 is 0 Å². The summed E-state index contributed by atoms with van der Waals surface area (Å²) in [6.07, 6.45) is 3.70. The second-order valence-electron chi connectivity index (χ2n) is 3.51. The largest absolute Gasteiger partial charge is 0.0928 e. The van der Waals surface area contributed by atoms with Crippen LogP contribution in [-0.2, 0) is 6.42 Å². The molecule has 0 saturated heterocycles. The number of halogens is 1. The van der Waals surface area contributed by atoms with Gasteiger partial charge in [-0.05, 0) is 36.8 Å². The van der Waals surface area contributed by atoms with Gasteiger partial charge >= 0.3 is 0 Å². The second-order valence-corrected chi connectivity index (χ2v) is 4.30. The van der Waals surface area contributed by atoms with Gasteiger partial charge in [-0.1, -0.05) is 47.1 Å². The van der Waals surface area contributed by atoms with E-state index in [-0.39, 0.29) is 0 Å². The molecule has 0 aliphatic carbocycles. The maximum atomic E-state index is 3.47. The number of alkyl halides is 1. The molecule has 0 amide bonds. The number of aryl methyl sites for hydroxylation is 1. The van der Waals surface area contributed by atoms with E-state index in [0.29, 0.717) is 0 Å². The van der Waals surface area contributed by atoms with Crippen LogP contribution in [0.15, 0.2) is 24.3 Å². The summed E-state index contributed by atoms with van der Waals surface area (Å²) in [5, 5.41) is 1.12. The van der Waals surface area contributed by atoms with E-state index in [1.54, 1.807) is 0 Å². The van der Waals surface area contributed by atoms with Gasteiger partial charge in [0.25, 0.3) is 0 Å². The van der Waals surface area contributed by atoms with Crippen LogP contribution < -0.4 is 0 Å². The van der Waals surface area contributed by atoms with Crippen molar-refractivity contribution in [3.05, 3.63) is 35.9 Å². The predicted octanol–water partition coefficient (Wildman–Crippen LogP) is 3.84. The molecule has 1 radical (unpaired) electrons. The summed E-state index contributed by atoms with van der Waals surface area (Å²) in [6, 6.07) is 11.5. The molecular formula is C12H16Br. The van der Waals surface area contributed by atoms with Crippen LogP contribution in [0.4, 0.5) is 0 Å². The van der Waals surface area contributed by atoms with Crippen LogP contribution in [-0.4, -0.2) is 5.33 Å². The highest BCUT2D eigenvalue weighted by Gasteiger charge is 2.01. The Hall–Kier alpha value is -0.300. The highest BCUT2D eigenvalue weighted by atomic mass is 79.9. The average Bonchev–Trinajstić information content (AvgIpc) is 2.17. The number of benzene rings is 1. The first kappa shape index (κ1) is 10.8. The van der Waals surface area contributed by atoms with Crippen LogP contribution in [0.3, 0.4) is 0 Å². The molecular weight excluding hydrogens is 224 g/mol. The molecule has 1 rings (SSSR count). The van der Waals surface area contributed by atoms with Crippen LogP contribution in [0, 0.1) is 12.0 Å². The van der Waals surface area contributed by atoms with Crippen LogP contribution in [0.2, 0.25) is 0 Å². The Balaban J connectivity index is 2.27. The summed E-state index contributed by atoms with van der Waals surface area (Å²) in [7, 11) is 0. The standard InChI is InChI=1S/C12H16Br/c1-11(9-10-13)7-8-12-5-3-2-4-6-12/h2-5,11H,7-10H2,1H3. The van der Waals surface area contributed by atoms with Crippen LogP contribution in [0.1, 0.15) is 25.3 Å². The Morgan fingerprint density at radius 2 is 2.23 bits per heavy atom. The van der Waals surface area contributed by atoms with Gasteiger partial charge in [0.05, 0.1) is 0 Å². The number of hydrogen-bond acceptors (Lipinski definition) is 0. The van der Waals surface area contributed by atoms with E-state index in [4.69, 9.17) is 0 Å². The van der Waals surface area contributed by atoms with Crippen molar-refractivity contribution in [3.63, 3.8) is 0 Å². The molecule has 0 saturated carbocycles. The van der Waals surface area contributed by atoms with E-state index >= 15 is 0 Å². The van der Waals surface area contributed by atoms with Gasteiger partial charge in [-0.15, -0.1) is 0 Å². The number of rotatable bonds is 5. The smallest absolute Gasteiger partial charge is 0.00338 e. The first-order chi connectivity index (χ1) is 6.33. The molecule has 0 bridgehead atoms. The van der Waals surface area contributed by atoms with Crippen molar-refractivity contribution in [1.29, 1.82) is 0 Å². The van der Waals surface area contributed by atoms with Gasteiger partial charge in [-0.25, -0.2) is 0 Å². The lowest BCUT2D eigenvalue weighted by atomic mass is 9.99.